The van der Waals surface area contributed by atoms with Gasteiger partial charge in [0.15, 0.2) is 0 Å². The lowest BCUT2D eigenvalue weighted by Gasteiger charge is -2.39. The number of hydrogen-bond donors (Lipinski definition) is 2. The predicted molar refractivity (Wildman–Crippen MR) is 82.5 cm³/mol. The number of carbonyl (C=O) groups is 2. The molecule has 1 heterocycles. The molecular formula is C17H22N2O3. The van der Waals surface area contributed by atoms with Gasteiger partial charge in [-0.1, -0.05) is 25.3 Å². The van der Waals surface area contributed by atoms with Crippen LogP contribution in [0.15, 0.2) is 18.2 Å². The van der Waals surface area contributed by atoms with Gasteiger partial charge in [-0.25, -0.2) is 4.79 Å². The van der Waals surface area contributed by atoms with Crippen molar-refractivity contribution in [3.8, 4) is 0 Å². The van der Waals surface area contributed by atoms with Crippen molar-refractivity contribution in [1.82, 2.24) is 4.90 Å². The summed E-state index contributed by atoms with van der Waals surface area (Å²) in [6, 6.07) is 5.17. The van der Waals surface area contributed by atoms with Crippen LogP contribution in [0.5, 0.6) is 0 Å². The lowest BCUT2D eigenvalue weighted by molar-refractivity contribution is -0.139. The van der Waals surface area contributed by atoms with E-state index in [4.69, 9.17) is 10.8 Å². The van der Waals surface area contributed by atoms with Crippen molar-refractivity contribution in [2.75, 3.05) is 6.54 Å². The summed E-state index contributed by atoms with van der Waals surface area (Å²) in [6.07, 6.45) is 5.44. The minimum atomic E-state index is -0.936. The molecule has 22 heavy (non-hydrogen) atoms. The Kier molecular flexibility index (Phi) is 3.91. The van der Waals surface area contributed by atoms with E-state index in [2.05, 4.69) is 0 Å². The Bertz CT molecular complexity index is 606. The zero-order valence-electron chi connectivity index (χ0n) is 12.7. The number of carbonyl (C=O) groups excluding carboxylic acids is 1. The standard InChI is InChI=1S/C17H22N2O3/c18-17(7-2-1-3-8-17)16(22)19-9-6-12-4-5-13(15(20)21)10-14(12)11-19/h4-5,10H,1-3,6-9,11,18H2,(H,20,21). The van der Waals surface area contributed by atoms with Gasteiger partial charge in [0.25, 0.3) is 0 Å². The summed E-state index contributed by atoms with van der Waals surface area (Å²) in [6.45, 7) is 1.13. The van der Waals surface area contributed by atoms with Crippen LogP contribution in [-0.2, 0) is 17.8 Å². The fraction of sp³-hybridized carbons (Fsp3) is 0.529. The molecule has 1 saturated carbocycles. The van der Waals surface area contributed by atoms with E-state index in [0.29, 0.717) is 13.1 Å². The Morgan fingerprint density at radius 2 is 1.86 bits per heavy atom. The number of carboxylic acid groups (broad SMARTS) is 1. The van der Waals surface area contributed by atoms with Crippen molar-refractivity contribution in [3.63, 3.8) is 0 Å². The van der Waals surface area contributed by atoms with Gasteiger partial charge in [-0.05, 0) is 42.5 Å². The average Bonchev–Trinajstić information content (AvgIpc) is 2.53. The largest absolute Gasteiger partial charge is 0.478 e. The highest BCUT2D eigenvalue weighted by atomic mass is 16.4. The van der Waals surface area contributed by atoms with E-state index in [1.807, 2.05) is 6.07 Å². The van der Waals surface area contributed by atoms with Crippen molar-refractivity contribution in [1.29, 1.82) is 0 Å². The van der Waals surface area contributed by atoms with Crippen molar-refractivity contribution < 1.29 is 14.7 Å². The number of aromatic carboxylic acids is 1. The molecule has 1 aromatic rings. The first kappa shape index (κ1) is 15.0. The lowest BCUT2D eigenvalue weighted by atomic mass is 9.81. The zero-order valence-corrected chi connectivity index (χ0v) is 12.7. The monoisotopic (exact) mass is 302 g/mol. The molecule has 1 aliphatic heterocycles. The summed E-state index contributed by atoms with van der Waals surface area (Å²) >= 11 is 0. The summed E-state index contributed by atoms with van der Waals surface area (Å²) < 4.78 is 0. The van der Waals surface area contributed by atoms with Gasteiger partial charge in [0.1, 0.15) is 0 Å². The molecule has 5 nitrogen and oxygen atoms in total. The second-order valence-corrected chi connectivity index (χ2v) is 6.48. The zero-order chi connectivity index (χ0) is 15.7. The number of rotatable bonds is 2. The molecule has 0 atom stereocenters. The van der Waals surface area contributed by atoms with Crippen LogP contribution in [0.2, 0.25) is 0 Å². The van der Waals surface area contributed by atoms with Crippen molar-refractivity contribution >= 4 is 11.9 Å². The first-order chi connectivity index (χ1) is 10.5. The Labute approximate surface area is 130 Å². The van der Waals surface area contributed by atoms with Crippen molar-refractivity contribution in [2.24, 2.45) is 5.73 Å². The van der Waals surface area contributed by atoms with Gasteiger partial charge in [0.2, 0.25) is 5.91 Å². The predicted octanol–water partition coefficient (Wildman–Crippen LogP) is 1.93. The molecule has 3 rings (SSSR count). The van der Waals surface area contributed by atoms with Crippen LogP contribution in [0.3, 0.4) is 0 Å². The molecule has 5 heteroatoms. The van der Waals surface area contributed by atoms with Gasteiger partial charge in [-0.15, -0.1) is 0 Å². The van der Waals surface area contributed by atoms with Crippen molar-refractivity contribution in [3.05, 3.63) is 34.9 Å². The third-order valence-electron chi connectivity index (χ3n) is 4.92. The highest BCUT2D eigenvalue weighted by Gasteiger charge is 2.39. The van der Waals surface area contributed by atoms with Crippen LogP contribution in [0.25, 0.3) is 0 Å². The van der Waals surface area contributed by atoms with Gasteiger partial charge >= 0.3 is 5.97 Å². The van der Waals surface area contributed by atoms with Crippen LogP contribution in [0.1, 0.15) is 53.6 Å². The third kappa shape index (κ3) is 2.73. The smallest absolute Gasteiger partial charge is 0.335 e. The fourth-order valence-electron chi connectivity index (χ4n) is 3.57. The summed E-state index contributed by atoms with van der Waals surface area (Å²) in [4.78, 5) is 25.7. The van der Waals surface area contributed by atoms with Crippen LogP contribution in [0.4, 0.5) is 0 Å². The molecule has 1 fully saturated rings. The first-order valence-corrected chi connectivity index (χ1v) is 7.93. The second kappa shape index (κ2) is 5.72. The Hall–Kier alpha value is -1.88. The van der Waals surface area contributed by atoms with E-state index in [-0.39, 0.29) is 11.5 Å². The van der Waals surface area contributed by atoms with E-state index in [9.17, 15) is 9.59 Å². The molecule has 0 bridgehead atoms. The molecular weight excluding hydrogens is 280 g/mol. The maximum absolute atomic E-state index is 12.8. The average molecular weight is 302 g/mol. The van der Waals surface area contributed by atoms with E-state index < -0.39 is 11.5 Å². The highest BCUT2D eigenvalue weighted by molar-refractivity contribution is 5.88. The fourth-order valence-corrected chi connectivity index (χ4v) is 3.57. The number of carboxylic acids is 1. The van der Waals surface area contributed by atoms with Gasteiger partial charge < -0.3 is 15.7 Å². The number of amides is 1. The molecule has 3 N–H and O–H groups in total. The summed E-state index contributed by atoms with van der Waals surface area (Å²) in [7, 11) is 0. The van der Waals surface area contributed by atoms with Crippen LogP contribution in [-0.4, -0.2) is 34.0 Å². The Morgan fingerprint density at radius 3 is 2.55 bits per heavy atom. The van der Waals surface area contributed by atoms with E-state index in [1.165, 1.54) is 0 Å². The number of nitrogens with zero attached hydrogens (tertiary/aromatic N) is 1. The van der Waals surface area contributed by atoms with E-state index in [0.717, 1.165) is 49.7 Å². The van der Waals surface area contributed by atoms with Gasteiger partial charge in [0.05, 0.1) is 11.1 Å². The van der Waals surface area contributed by atoms with E-state index >= 15 is 0 Å². The molecule has 0 aromatic heterocycles. The number of nitrogens with two attached hydrogens (primary N) is 1. The number of hydrogen-bond acceptors (Lipinski definition) is 3. The molecule has 0 radical (unpaired) electrons. The van der Waals surface area contributed by atoms with Gasteiger partial charge in [-0.3, -0.25) is 4.79 Å². The number of benzene rings is 1. The summed E-state index contributed by atoms with van der Waals surface area (Å²) in [5.41, 5.74) is 7.95. The SMILES string of the molecule is NC1(C(=O)N2CCc3ccc(C(=O)O)cc3C2)CCCCC1. The third-order valence-corrected chi connectivity index (χ3v) is 4.92. The molecule has 0 saturated heterocycles. The quantitative estimate of drug-likeness (QED) is 0.874. The normalized spacial score (nSPS) is 20.3. The Balaban J connectivity index is 1.79. The molecule has 0 spiro atoms. The van der Waals surface area contributed by atoms with Crippen LogP contribution < -0.4 is 5.73 Å². The van der Waals surface area contributed by atoms with Gasteiger partial charge in [0, 0.05) is 13.1 Å². The molecule has 118 valence electrons. The molecule has 1 aromatic carbocycles. The Morgan fingerprint density at radius 1 is 1.14 bits per heavy atom. The maximum atomic E-state index is 12.8. The minimum Gasteiger partial charge on any atom is -0.478 e. The molecule has 1 aliphatic carbocycles. The molecule has 0 unspecified atom stereocenters. The molecule has 1 amide bonds. The lowest BCUT2D eigenvalue weighted by Crippen LogP contribution is -2.57. The van der Waals surface area contributed by atoms with Crippen LogP contribution >= 0.6 is 0 Å². The first-order valence-electron chi connectivity index (χ1n) is 7.93. The van der Waals surface area contributed by atoms with Gasteiger partial charge in [-0.2, -0.15) is 0 Å². The molecule has 2 aliphatic rings. The minimum absolute atomic E-state index is 0.0265. The summed E-state index contributed by atoms with van der Waals surface area (Å²) in [5.74, 6) is -0.910. The second-order valence-electron chi connectivity index (χ2n) is 6.48. The maximum Gasteiger partial charge on any atom is 0.335 e. The topological polar surface area (TPSA) is 83.6 Å². The number of fused-ring (bicyclic) bond motifs is 1. The summed E-state index contributed by atoms with van der Waals surface area (Å²) in [5, 5.41) is 9.11. The van der Waals surface area contributed by atoms with Crippen molar-refractivity contribution in [2.45, 2.75) is 50.6 Å². The highest BCUT2D eigenvalue weighted by Crippen LogP contribution is 2.30. The van der Waals surface area contributed by atoms with E-state index in [1.54, 1.807) is 17.0 Å². The van der Waals surface area contributed by atoms with Crippen LogP contribution in [0, 0.1) is 0 Å².